The summed E-state index contributed by atoms with van der Waals surface area (Å²) in [6.07, 6.45) is 3.37. The lowest BCUT2D eigenvalue weighted by molar-refractivity contribution is -0.154. The van der Waals surface area contributed by atoms with Crippen LogP contribution >= 0.6 is 0 Å². The fraction of sp³-hybridized carbons (Fsp3) is 0.444. The SMILES string of the molecule is COC(=O)[C@H]1[C@H](CO)[C@@H]2C=C[C@H]1CN2C(=O)OCc1ccccc1. The summed E-state index contributed by atoms with van der Waals surface area (Å²) in [6, 6.07) is 9.10. The van der Waals surface area contributed by atoms with Gasteiger partial charge >= 0.3 is 12.1 Å². The zero-order valence-electron chi connectivity index (χ0n) is 13.5. The van der Waals surface area contributed by atoms with E-state index in [-0.39, 0.29) is 37.1 Å². The fourth-order valence-electron chi connectivity index (χ4n) is 3.61. The van der Waals surface area contributed by atoms with Crippen LogP contribution in [0, 0.1) is 17.8 Å². The Morgan fingerprint density at radius 2 is 2.00 bits per heavy atom. The Kier molecular flexibility index (Phi) is 4.85. The van der Waals surface area contributed by atoms with Gasteiger partial charge in [0.1, 0.15) is 6.61 Å². The van der Waals surface area contributed by atoms with E-state index >= 15 is 0 Å². The molecular formula is C18H21NO5. The Bertz CT molecular complexity index is 630. The first kappa shape index (κ1) is 16.5. The highest BCUT2D eigenvalue weighted by Crippen LogP contribution is 2.40. The van der Waals surface area contributed by atoms with Gasteiger partial charge in [-0.2, -0.15) is 0 Å². The number of hydrogen-bond acceptors (Lipinski definition) is 5. The van der Waals surface area contributed by atoms with Crippen molar-refractivity contribution in [3.63, 3.8) is 0 Å². The maximum atomic E-state index is 12.4. The minimum Gasteiger partial charge on any atom is -0.469 e. The van der Waals surface area contributed by atoms with Crippen molar-refractivity contribution in [1.82, 2.24) is 4.90 Å². The predicted octanol–water partition coefficient (Wildman–Crippen LogP) is 1.59. The normalized spacial score (nSPS) is 27.8. The molecule has 0 radical (unpaired) electrons. The number of ether oxygens (including phenoxy) is 2. The highest BCUT2D eigenvalue weighted by atomic mass is 16.6. The van der Waals surface area contributed by atoms with E-state index in [1.165, 1.54) is 7.11 Å². The van der Waals surface area contributed by atoms with E-state index in [4.69, 9.17) is 9.47 Å². The van der Waals surface area contributed by atoms with Crippen molar-refractivity contribution >= 4 is 12.1 Å². The van der Waals surface area contributed by atoms with Gasteiger partial charge in [-0.15, -0.1) is 0 Å². The highest BCUT2D eigenvalue weighted by Gasteiger charge is 2.50. The smallest absolute Gasteiger partial charge is 0.410 e. The van der Waals surface area contributed by atoms with E-state index in [0.717, 1.165) is 5.56 Å². The van der Waals surface area contributed by atoms with E-state index < -0.39 is 12.0 Å². The van der Waals surface area contributed by atoms with Gasteiger partial charge in [0.05, 0.1) is 19.1 Å². The number of carbonyl (C=O) groups excluding carboxylic acids is 2. The zero-order chi connectivity index (χ0) is 17.1. The molecule has 3 aliphatic rings. The minimum atomic E-state index is -0.431. The molecule has 0 aromatic heterocycles. The largest absolute Gasteiger partial charge is 0.469 e. The van der Waals surface area contributed by atoms with Crippen molar-refractivity contribution in [1.29, 1.82) is 0 Å². The van der Waals surface area contributed by atoms with Gasteiger partial charge in [-0.3, -0.25) is 4.79 Å². The number of nitrogens with zero attached hydrogens (tertiary/aromatic N) is 1. The van der Waals surface area contributed by atoms with Crippen LogP contribution in [0.1, 0.15) is 5.56 Å². The molecule has 24 heavy (non-hydrogen) atoms. The molecule has 4 rings (SSSR count). The number of benzene rings is 1. The quantitative estimate of drug-likeness (QED) is 0.670. The number of aliphatic hydroxyl groups excluding tert-OH is 1. The molecule has 2 aliphatic heterocycles. The monoisotopic (exact) mass is 331 g/mol. The molecule has 6 heteroatoms. The van der Waals surface area contributed by atoms with Gasteiger partial charge in [0.15, 0.2) is 0 Å². The molecular weight excluding hydrogens is 310 g/mol. The number of amides is 1. The van der Waals surface area contributed by atoms with Gasteiger partial charge < -0.3 is 19.5 Å². The lowest BCUT2D eigenvalue weighted by Crippen LogP contribution is -2.59. The molecule has 1 amide bonds. The maximum Gasteiger partial charge on any atom is 0.410 e. The Morgan fingerprint density at radius 3 is 2.67 bits per heavy atom. The highest BCUT2D eigenvalue weighted by molar-refractivity contribution is 5.76. The van der Waals surface area contributed by atoms with Crippen LogP contribution in [0.4, 0.5) is 4.79 Å². The zero-order valence-corrected chi connectivity index (χ0v) is 13.5. The molecule has 1 aromatic carbocycles. The van der Waals surface area contributed by atoms with Gasteiger partial charge in [0.2, 0.25) is 0 Å². The summed E-state index contributed by atoms with van der Waals surface area (Å²) in [5.41, 5.74) is 0.912. The summed E-state index contributed by atoms with van der Waals surface area (Å²) in [7, 11) is 1.34. The van der Waals surface area contributed by atoms with E-state index in [1.54, 1.807) is 4.90 Å². The van der Waals surface area contributed by atoms with Gasteiger partial charge in [-0.1, -0.05) is 42.5 Å². The van der Waals surface area contributed by atoms with Crippen molar-refractivity contribution in [2.45, 2.75) is 12.6 Å². The second kappa shape index (κ2) is 7.05. The molecule has 2 bridgehead atoms. The summed E-state index contributed by atoms with van der Waals surface area (Å²) in [6.45, 7) is 0.403. The van der Waals surface area contributed by atoms with Gasteiger partial charge in [-0.25, -0.2) is 4.79 Å². The molecule has 0 spiro atoms. The molecule has 4 atom stereocenters. The van der Waals surface area contributed by atoms with E-state index in [1.807, 2.05) is 42.5 Å². The molecule has 1 aromatic rings. The summed E-state index contributed by atoms with van der Waals surface area (Å²) in [5.74, 6) is -1.30. The first-order valence-electron chi connectivity index (χ1n) is 8.00. The van der Waals surface area contributed by atoms with Crippen LogP contribution in [0.25, 0.3) is 0 Å². The first-order chi connectivity index (χ1) is 11.7. The molecule has 1 N–H and O–H groups in total. The van der Waals surface area contributed by atoms with E-state index in [2.05, 4.69) is 0 Å². The van der Waals surface area contributed by atoms with Crippen LogP contribution in [0.2, 0.25) is 0 Å². The molecule has 128 valence electrons. The van der Waals surface area contributed by atoms with Crippen LogP contribution in [-0.2, 0) is 20.9 Å². The van der Waals surface area contributed by atoms with Crippen molar-refractivity contribution in [3.05, 3.63) is 48.0 Å². The Morgan fingerprint density at radius 1 is 1.25 bits per heavy atom. The average molecular weight is 331 g/mol. The summed E-state index contributed by atoms with van der Waals surface area (Å²) in [5, 5.41) is 9.71. The number of piperidine rings is 1. The number of esters is 1. The Labute approximate surface area is 140 Å². The molecule has 1 saturated heterocycles. The number of aliphatic hydroxyl groups is 1. The standard InChI is InChI=1S/C18H21NO5/c1-23-17(21)16-13-7-8-15(14(16)10-20)19(9-13)18(22)24-11-12-5-3-2-4-6-12/h2-8,13-16,20H,9-11H2,1H3/t13-,14+,15-,16+/m0/s1. The number of carbonyl (C=O) groups is 2. The minimum absolute atomic E-state index is 0.163. The maximum absolute atomic E-state index is 12.4. The molecule has 6 nitrogen and oxygen atoms in total. The third-order valence-corrected chi connectivity index (χ3v) is 4.81. The number of hydrogen-bond donors (Lipinski definition) is 1. The number of methoxy groups -OCH3 is 1. The molecule has 0 unspecified atom stereocenters. The Hall–Kier alpha value is -2.34. The third kappa shape index (κ3) is 3.01. The van der Waals surface area contributed by atoms with Crippen molar-refractivity contribution in [2.75, 3.05) is 20.3 Å². The summed E-state index contributed by atoms with van der Waals surface area (Å²) in [4.78, 5) is 26.0. The molecule has 2 heterocycles. The number of fused-ring (bicyclic) bond motifs is 2. The van der Waals surface area contributed by atoms with Crippen LogP contribution < -0.4 is 0 Å². The van der Waals surface area contributed by atoms with Crippen molar-refractivity contribution in [2.24, 2.45) is 17.8 Å². The first-order valence-corrected chi connectivity index (χ1v) is 8.00. The summed E-state index contributed by atoms with van der Waals surface area (Å²) < 4.78 is 10.2. The second-order valence-electron chi connectivity index (χ2n) is 6.13. The number of rotatable bonds is 4. The fourth-order valence-corrected chi connectivity index (χ4v) is 3.61. The predicted molar refractivity (Wildman–Crippen MR) is 85.8 cm³/mol. The van der Waals surface area contributed by atoms with Gasteiger partial charge in [-0.05, 0) is 5.56 Å². The molecule has 0 saturated carbocycles. The van der Waals surface area contributed by atoms with Crippen LogP contribution in [0.15, 0.2) is 42.5 Å². The Balaban J connectivity index is 1.69. The van der Waals surface area contributed by atoms with Crippen LogP contribution in [-0.4, -0.2) is 48.4 Å². The van der Waals surface area contributed by atoms with Crippen molar-refractivity contribution in [3.8, 4) is 0 Å². The van der Waals surface area contributed by atoms with Crippen LogP contribution in [0.5, 0.6) is 0 Å². The second-order valence-corrected chi connectivity index (χ2v) is 6.13. The third-order valence-electron chi connectivity index (χ3n) is 4.81. The lowest BCUT2D eigenvalue weighted by atomic mass is 9.69. The molecule has 1 aliphatic carbocycles. The van der Waals surface area contributed by atoms with Gasteiger partial charge in [0, 0.05) is 25.0 Å². The van der Waals surface area contributed by atoms with E-state index in [0.29, 0.717) is 6.54 Å². The lowest BCUT2D eigenvalue weighted by Gasteiger charge is -2.48. The van der Waals surface area contributed by atoms with Gasteiger partial charge in [0.25, 0.3) is 0 Å². The average Bonchev–Trinajstić information content (AvgIpc) is 2.65. The van der Waals surface area contributed by atoms with Crippen LogP contribution in [0.3, 0.4) is 0 Å². The van der Waals surface area contributed by atoms with Crippen molar-refractivity contribution < 1.29 is 24.2 Å². The van der Waals surface area contributed by atoms with E-state index in [9.17, 15) is 14.7 Å². The topological polar surface area (TPSA) is 76.1 Å². The summed E-state index contributed by atoms with van der Waals surface area (Å²) >= 11 is 0. The molecule has 1 fully saturated rings.